The van der Waals surface area contributed by atoms with Gasteiger partial charge >= 0.3 is 0 Å². The third-order valence-electron chi connectivity index (χ3n) is 18.9. The number of fused-ring (bicyclic) bond motifs is 7. The molecular weight excluding hydrogens is 965 g/mol. The summed E-state index contributed by atoms with van der Waals surface area (Å²) >= 11 is 0. The first-order valence-corrected chi connectivity index (χ1v) is 26.5. The van der Waals surface area contributed by atoms with Gasteiger partial charge in [-0.3, -0.25) is 0 Å². The van der Waals surface area contributed by atoms with Crippen LogP contribution in [0.15, 0.2) is 23.0 Å². The molecule has 5 aliphatic heterocycles. The Hall–Kier alpha value is -1.56. The third kappa shape index (κ3) is 10.2. The van der Waals surface area contributed by atoms with Crippen LogP contribution in [0.4, 0.5) is 0 Å². The molecular formula is C51H82O22. The number of allylic oxidation sites excluding steroid dienone is 2. The van der Waals surface area contributed by atoms with Gasteiger partial charge in [0.25, 0.3) is 0 Å². The second-order valence-corrected chi connectivity index (χ2v) is 23.3. The molecule has 22 heteroatoms. The van der Waals surface area contributed by atoms with Crippen LogP contribution in [0.3, 0.4) is 0 Å². The molecule has 0 amide bonds. The monoisotopic (exact) mass is 1050 g/mol. The van der Waals surface area contributed by atoms with Gasteiger partial charge < -0.3 is 109 Å². The van der Waals surface area contributed by atoms with Crippen molar-refractivity contribution in [1.29, 1.82) is 0 Å². The van der Waals surface area contributed by atoms with Crippen molar-refractivity contribution in [2.45, 2.75) is 227 Å². The zero-order valence-corrected chi connectivity index (χ0v) is 42.3. The van der Waals surface area contributed by atoms with Crippen molar-refractivity contribution in [3.63, 3.8) is 0 Å². The van der Waals surface area contributed by atoms with Crippen molar-refractivity contribution in [1.82, 2.24) is 0 Å². The van der Waals surface area contributed by atoms with Crippen LogP contribution >= 0.6 is 0 Å². The summed E-state index contributed by atoms with van der Waals surface area (Å²) in [6, 6.07) is 0. The van der Waals surface area contributed by atoms with Crippen LogP contribution < -0.4 is 0 Å². The fourth-order valence-electron chi connectivity index (χ4n) is 14.5. The average Bonchev–Trinajstić information content (AvgIpc) is 3.86. The van der Waals surface area contributed by atoms with Crippen molar-refractivity contribution < 1.29 is 109 Å². The molecule has 418 valence electrons. The Labute approximate surface area is 425 Å². The van der Waals surface area contributed by atoms with E-state index in [1.54, 1.807) is 0 Å². The predicted octanol–water partition coefficient (Wildman–Crippen LogP) is -2.06. The van der Waals surface area contributed by atoms with E-state index in [-0.39, 0.29) is 29.5 Å². The molecule has 9 aliphatic rings. The Balaban J connectivity index is 0.852. The van der Waals surface area contributed by atoms with E-state index >= 15 is 0 Å². The molecule has 13 N–H and O–H groups in total. The first kappa shape index (κ1) is 56.2. The summed E-state index contributed by atoms with van der Waals surface area (Å²) in [6.07, 6.45) is -20.5. The summed E-state index contributed by atoms with van der Waals surface area (Å²) in [4.78, 5) is 0. The number of aliphatic hydroxyl groups excluding tert-OH is 13. The van der Waals surface area contributed by atoms with Crippen LogP contribution in [-0.4, -0.2) is 228 Å². The molecule has 0 aromatic carbocycles. The largest absolute Gasteiger partial charge is 0.494 e. The minimum absolute atomic E-state index is 0.0564. The molecule has 29 atom stereocenters. The van der Waals surface area contributed by atoms with Gasteiger partial charge in [0.1, 0.15) is 97.7 Å². The Morgan fingerprint density at radius 1 is 0.644 bits per heavy atom. The van der Waals surface area contributed by atoms with Crippen molar-refractivity contribution in [2.75, 3.05) is 26.4 Å². The van der Waals surface area contributed by atoms with Gasteiger partial charge in [0.15, 0.2) is 25.2 Å². The lowest BCUT2D eigenvalue weighted by atomic mass is 9.47. The number of ether oxygens (including phenoxy) is 9. The van der Waals surface area contributed by atoms with Gasteiger partial charge in [-0.25, -0.2) is 0 Å². The maximum Gasteiger partial charge on any atom is 0.187 e. The highest BCUT2D eigenvalue weighted by Gasteiger charge is 2.64. The number of rotatable bonds is 15. The first-order chi connectivity index (χ1) is 34.6. The van der Waals surface area contributed by atoms with Crippen molar-refractivity contribution >= 4 is 0 Å². The summed E-state index contributed by atoms with van der Waals surface area (Å²) < 4.78 is 54.6. The van der Waals surface area contributed by atoms with Gasteiger partial charge in [-0.15, -0.1) is 0 Å². The summed E-state index contributed by atoms with van der Waals surface area (Å²) in [7, 11) is 0. The smallest absolute Gasteiger partial charge is 0.187 e. The van der Waals surface area contributed by atoms with Crippen LogP contribution in [0.2, 0.25) is 0 Å². The quantitative estimate of drug-likeness (QED) is 0.0785. The minimum atomic E-state index is -1.84. The molecule has 0 radical (unpaired) electrons. The number of hydrogen-bond donors (Lipinski definition) is 13. The van der Waals surface area contributed by atoms with Gasteiger partial charge in [0.2, 0.25) is 0 Å². The summed E-state index contributed by atoms with van der Waals surface area (Å²) in [5.41, 5.74) is 2.53. The highest BCUT2D eigenvalue weighted by Crippen LogP contribution is 2.69. The Kier molecular flexibility index (Phi) is 17.2. The van der Waals surface area contributed by atoms with Crippen LogP contribution in [0.1, 0.15) is 92.4 Å². The van der Waals surface area contributed by atoms with E-state index in [1.807, 2.05) is 6.92 Å². The minimum Gasteiger partial charge on any atom is -0.494 e. The van der Waals surface area contributed by atoms with Crippen LogP contribution in [-0.2, 0) is 42.6 Å². The first-order valence-electron chi connectivity index (χ1n) is 26.5. The fraction of sp³-hybridized carbons (Fsp3) is 0.922. The van der Waals surface area contributed by atoms with Gasteiger partial charge in [-0.05, 0) is 105 Å². The van der Waals surface area contributed by atoms with E-state index in [2.05, 4.69) is 26.8 Å². The molecule has 4 aliphatic carbocycles. The molecule has 3 saturated carbocycles. The van der Waals surface area contributed by atoms with Gasteiger partial charge in [-0.2, -0.15) is 0 Å². The molecule has 0 bridgehead atoms. The molecule has 0 aromatic rings. The Morgan fingerprint density at radius 2 is 1.23 bits per heavy atom. The topological polar surface area (TPSA) is 346 Å². The highest BCUT2D eigenvalue weighted by atomic mass is 16.8. The maximum atomic E-state index is 12.1. The summed E-state index contributed by atoms with van der Waals surface area (Å²) in [5.74, 6) is 2.73. The van der Waals surface area contributed by atoms with Crippen molar-refractivity contribution in [2.24, 2.45) is 40.4 Å². The molecule has 9 rings (SSSR count). The second kappa shape index (κ2) is 22.3. The molecule has 0 aromatic heterocycles. The second-order valence-electron chi connectivity index (χ2n) is 23.3. The fourth-order valence-corrected chi connectivity index (χ4v) is 14.5. The zero-order chi connectivity index (χ0) is 52.6. The van der Waals surface area contributed by atoms with Crippen LogP contribution in [0.25, 0.3) is 0 Å². The van der Waals surface area contributed by atoms with E-state index in [0.29, 0.717) is 36.5 Å². The molecule has 22 nitrogen and oxygen atoms in total. The molecule has 73 heavy (non-hydrogen) atoms. The number of aliphatic hydroxyl groups is 13. The van der Waals surface area contributed by atoms with E-state index in [0.717, 1.165) is 50.7 Å². The normalized spacial score (nSPS) is 52.4. The van der Waals surface area contributed by atoms with Crippen LogP contribution in [0, 0.1) is 40.4 Å². The van der Waals surface area contributed by atoms with E-state index < -0.39 is 149 Å². The average molecular weight is 1050 g/mol. The van der Waals surface area contributed by atoms with E-state index in [4.69, 9.17) is 42.6 Å². The van der Waals surface area contributed by atoms with E-state index in [1.165, 1.54) is 18.1 Å². The van der Waals surface area contributed by atoms with Gasteiger partial charge in [0, 0.05) is 12.3 Å². The van der Waals surface area contributed by atoms with Crippen molar-refractivity contribution in [3.8, 4) is 0 Å². The van der Waals surface area contributed by atoms with Gasteiger partial charge in [0.05, 0.1) is 44.4 Å². The van der Waals surface area contributed by atoms with Crippen LogP contribution in [0.5, 0.6) is 0 Å². The molecule has 4 saturated heterocycles. The third-order valence-corrected chi connectivity index (χ3v) is 18.9. The standard InChI is InChI=1S/C51H82O22/c1-20(19-65-46-40(61)38(59)35(56)30(16-52)69-46)6-9-28-21(2)33-29(68-28)15-27-25-8-7-23-14-24(10-12-50(23,4)26(25)11-13-51(27,33)5)67-49-45(73-47-41(62)37(58)34(55)22(3)66-47)43(64)44(32(18-54)71-49)72-48-42(63)39(60)36(57)31(17-53)70-48/h7,20,22,24-27,29-49,52-64H,6,8-19H2,1-5H3/t20-,22+,24+,25-,26+,27+,29+,30-,31-,32-,33+,34+,35-,36-,37-,38+,39+,40-,41-,42-,43+,44-,45-,46-,47+,48+,49-,50+,51+/m1/s1. The molecule has 0 unspecified atom stereocenters. The van der Waals surface area contributed by atoms with Crippen molar-refractivity contribution in [3.05, 3.63) is 23.0 Å². The predicted molar refractivity (Wildman–Crippen MR) is 249 cm³/mol. The molecule has 0 spiro atoms. The Morgan fingerprint density at radius 3 is 1.89 bits per heavy atom. The summed E-state index contributed by atoms with van der Waals surface area (Å²) in [5, 5.41) is 136. The zero-order valence-electron chi connectivity index (χ0n) is 42.3. The molecule has 7 fully saturated rings. The summed E-state index contributed by atoms with van der Waals surface area (Å²) in [6.45, 7) is 8.81. The number of hydrogen-bond acceptors (Lipinski definition) is 22. The lowest BCUT2D eigenvalue weighted by Crippen LogP contribution is -2.67. The Bertz CT molecular complexity index is 1940. The molecule has 5 heterocycles. The lowest BCUT2D eigenvalue weighted by Gasteiger charge is -2.58. The SMILES string of the molecule is CC1=C(CC[C@@H](C)CO[C@@H]2O[C@H](CO)[C@@H](O)[C@H](O)[C@H]2O)O[C@H]2C[C@H]3[C@@H]4CC=C5C[C@@H](O[C@@H]6O[C@H](CO)[C@@H](O[C@@H]7O[C@H](CO)[C@@H](O)[C@H](O)[C@H]7O)[C@H](O)[C@H]6O[C@@H]6O[C@@H](C)[C@H](O)[C@@H](O)[C@H]6O)CC[C@]5(C)[C@H]4CC[C@]3(C)[C@@H]12. The van der Waals surface area contributed by atoms with E-state index in [9.17, 15) is 66.4 Å². The lowest BCUT2D eigenvalue weighted by molar-refractivity contribution is -0.389. The van der Waals surface area contributed by atoms with Gasteiger partial charge in [-0.1, -0.05) is 32.4 Å². The maximum absolute atomic E-state index is 12.1. The highest BCUT2D eigenvalue weighted by molar-refractivity contribution is 5.30.